The first-order valence-corrected chi connectivity index (χ1v) is 12.8. The molecule has 31 heavy (non-hydrogen) atoms. The van der Waals surface area contributed by atoms with Crippen molar-refractivity contribution in [2.45, 2.75) is 58.9 Å². The van der Waals surface area contributed by atoms with Crippen molar-refractivity contribution in [1.29, 1.82) is 0 Å². The fraction of sp³-hybridized carbons (Fsp3) is 0.545. The highest BCUT2D eigenvalue weighted by Gasteiger charge is 2.19. The van der Waals surface area contributed by atoms with Gasteiger partial charge in [0.05, 0.1) is 18.9 Å². The van der Waals surface area contributed by atoms with Gasteiger partial charge in [-0.15, -0.1) is 0 Å². The number of carbonyl (C=O) groups is 1. The number of rotatable bonds is 10. The highest BCUT2D eigenvalue weighted by molar-refractivity contribution is 7.90. The number of halogens is 1. The maximum atomic E-state index is 12.3. The number of sulfonamides is 1. The summed E-state index contributed by atoms with van der Waals surface area (Å²) in [5.41, 5.74) is 0.920. The van der Waals surface area contributed by atoms with Crippen LogP contribution in [-0.4, -0.2) is 36.2 Å². The number of carbonyl (C=O) groups excluding carboxylic acids is 1. The minimum atomic E-state index is -3.66. The van der Waals surface area contributed by atoms with Crippen molar-refractivity contribution in [3.63, 3.8) is 0 Å². The molecule has 170 valence electrons. The van der Waals surface area contributed by atoms with E-state index < -0.39 is 15.9 Å². The summed E-state index contributed by atoms with van der Waals surface area (Å²) in [6, 6.07) is 5.61. The van der Waals surface area contributed by atoms with Crippen LogP contribution in [0.4, 0.5) is 0 Å². The molecule has 1 aliphatic rings. The highest BCUT2D eigenvalue weighted by atomic mass is 35.5. The Kier molecular flexibility index (Phi) is 8.00. The number of nitrogens with one attached hydrogen (secondary N) is 1. The molecule has 1 fully saturated rings. The Morgan fingerprint density at radius 3 is 2.74 bits per heavy atom. The molecule has 1 N–H and O–H groups in total. The van der Waals surface area contributed by atoms with Crippen molar-refractivity contribution >= 4 is 27.5 Å². The lowest BCUT2D eigenvalue weighted by Crippen LogP contribution is -2.32. The molecule has 1 saturated carbocycles. The first-order valence-electron chi connectivity index (χ1n) is 10.8. The van der Waals surface area contributed by atoms with Crippen LogP contribution in [0.2, 0.25) is 5.02 Å². The second kappa shape index (κ2) is 10.5. The van der Waals surface area contributed by atoms with Crippen LogP contribution in [0, 0.1) is 12.8 Å². The first kappa shape index (κ1) is 23.6. The van der Waals surface area contributed by atoms with E-state index in [1.54, 1.807) is 17.7 Å². The highest BCUT2D eigenvalue weighted by Crippen LogP contribution is 2.28. The number of benzene rings is 1. The largest absolute Gasteiger partial charge is 0.493 e. The Labute approximate surface area is 189 Å². The lowest BCUT2D eigenvalue weighted by Gasteiger charge is -2.13. The van der Waals surface area contributed by atoms with Crippen LogP contribution in [0.1, 0.15) is 67.3 Å². The molecule has 2 aromatic rings. The summed E-state index contributed by atoms with van der Waals surface area (Å²) in [5, 5.41) is 0.574. The molecule has 0 spiro atoms. The van der Waals surface area contributed by atoms with Gasteiger partial charge in [0.15, 0.2) is 0 Å². The average Bonchev–Trinajstić information content (AvgIpc) is 3.36. The molecule has 1 aliphatic carbocycles. The van der Waals surface area contributed by atoms with Gasteiger partial charge in [-0.2, -0.15) is 0 Å². The average molecular weight is 468 g/mol. The summed E-state index contributed by atoms with van der Waals surface area (Å²) in [7, 11) is -3.66. The third-order valence-electron chi connectivity index (χ3n) is 5.55. The summed E-state index contributed by atoms with van der Waals surface area (Å²) < 4.78 is 33.7. The lowest BCUT2D eigenvalue weighted by molar-refractivity contribution is 0.0977. The molecule has 0 aliphatic heterocycles. The number of imidazole rings is 1. The molecule has 1 amide bonds. The number of hydrogen-bond acceptors (Lipinski definition) is 5. The van der Waals surface area contributed by atoms with Crippen molar-refractivity contribution in [2.24, 2.45) is 5.92 Å². The van der Waals surface area contributed by atoms with E-state index in [-0.39, 0.29) is 11.4 Å². The predicted octanol–water partition coefficient (Wildman–Crippen LogP) is 4.32. The summed E-state index contributed by atoms with van der Waals surface area (Å²) in [6.07, 6.45) is 7.78. The van der Waals surface area contributed by atoms with Crippen molar-refractivity contribution in [1.82, 2.24) is 14.3 Å². The summed E-state index contributed by atoms with van der Waals surface area (Å²) in [4.78, 5) is 16.5. The summed E-state index contributed by atoms with van der Waals surface area (Å²) in [5.74, 6) is 1.16. The molecule has 1 aromatic heterocycles. The van der Waals surface area contributed by atoms with Crippen LogP contribution in [-0.2, 0) is 16.6 Å². The Morgan fingerprint density at radius 2 is 2.06 bits per heavy atom. The smallest absolute Gasteiger partial charge is 0.284 e. The molecule has 1 aromatic carbocycles. The van der Waals surface area contributed by atoms with Crippen LogP contribution in [0.5, 0.6) is 5.75 Å². The molecule has 0 unspecified atom stereocenters. The van der Waals surface area contributed by atoms with Gasteiger partial charge in [0.25, 0.3) is 5.91 Å². The van der Waals surface area contributed by atoms with E-state index in [0.29, 0.717) is 29.7 Å². The zero-order valence-corrected chi connectivity index (χ0v) is 19.6. The van der Waals surface area contributed by atoms with Crippen LogP contribution in [0.25, 0.3) is 0 Å². The van der Waals surface area contributed by atoms with Gasteiger partial charge in [0, 0.05) is 11.2 Å². The van der Waals surface area contributed by atoms with Gasteiger partial charge < -0.3 is 9.30 Å². The molecule has 0 radical (unpaired) electrons. The molecule has 1 heterocycles. The molecule has 7 nitrogen and oxygen atoms in total. The topological polar surface area (TPSA) is 90.3 Å². The number of unbranched alkanes of at least 4 members (excludes halogenated alkanes) is 1. The molecule has 0 saturated heterocycles. The Morgan fingerprint density at radius 1 is 1.32 bits per heavy atom. The number of ether oxygens (including phenoxy) is 1. The number of aromatic nitrogens is 2. The summed E-state index contributed by atoms with van der Waals surface area (Å²) >= 11 is 6.46. The van der Waals surface area contributed by atoms with Gasteiger partial charge in [-0.25, -0.2) is 18.1 Å². The van der Waals surface area contributed by atoms with E-state index in [1.165, 1.54) is 25.7 Å². The van der Waals surface area contributed by atoms with Gasteiger partial charge in [0.2, 0.25) is 10.0 Å². The SMILES string of the molecule is CCCCS(=O)(=O)NC(=O)c1cn(Cc2ccc(OCC3CCCC3)cc2Cl)c(C)n1. The van der Waals surface area contributed by atoms with E-state index in [4.69, 9.17) is 16.3 Å². The standard InChI is InChI=1S/C22H30ClN3O4S/c1-3-4-11-31(28,29)25-22(27)21-14-26(16(2)24-21)13-18-9-10-19(12-20(18)23)30-15-17-7-5-6-8-17/h9-10,12,14,17H,3-8,11,13,15H2,1-2H3,(H,25,27). The molecule has 0 bridgehead atoms. The van der Waals surface area contributed by atoms with Gasteiger partial charge in [-0.05, 0) is 49.8 Å². The van der Waals surface area contributed by atoms with E-state index >= 15 is 0 Å². The third kappa shape index (κ3) is 6.71. The number of nitrogens with zero attached hydrogens (tertiary/aromatic N) is 2. The molecular formula is C22H30ClN3O4S. The first-order chi connectivity index (χ1) is 14.8. The van der Waals surface area contributed by atoms with Crippen LogP contribution in [0.3, 0.4) is 0 Å². The Bertz CT molecular complexity index is 1010. The molecular weight excluding hydrogens is 438 g/mol. The van der Waals surface area contributed by atoms with Crippen molar-refractivity contribution in [2.75, 3.05) is 12.4 Å². The zero-order valence-electron chi connectivity index (χ0n) is 18.1. The fourth-order valence-corrected chi connectivity index (χ4v) is 5.07. The zero-order chi connectivity index (χ0) is 22.4. The minimum Gasteiger partial charge on any atom is -0.493 e. The van der Waals surface area contributed by atoms with Crippen molar-refractivity contribution in [3.05, 3.63) is 46.5 Å². The summed E-state index contributed by atoms with van der Waals surface area (Å²) in [6.45, 7) is 4.78. The number of amides is 1. The van der Waals surface area contributed by atoms with E-state index in [9.17, 15) is 13.2 Å². The number of hydrogen-bond donors (Lipinski definition) is 1. The molecule has 3 rings (SSSR count). The molecule has 9 heteroatoms. The van der Waals surface area contributed by atoms with Crippen LogP contribution >= 0.6 is 11.6 Å². The van der Waals surface area contributed by atoms with Gasteiger partial charge in [0.1, 0.15) is 17.3 Å². The van der Waals surface area contributed by atoms with Gasteiger partial charge >= 0.3 is 0 Å². The minimum absolute atomic E-state index is 0.0604. The second-order valence-electron chi connectivity index (χ2n) is 8.12. The third-order valence-corrected chi connectivity index (χ3v) is 7.22. The quantitative estimate of drug-likeness (QED) is 0.561. The lowest BCUT2D eigenvalue weighted by atomic mass is 10.1. The molecule has 0 atom stereocenters. The maximum Gasteiger partial charge on any atom is 0.284 e. The Balaban J connectivity index is 1.63. The monoisotopic (exact) mass is 467 g/mol. The number of aryl methyl sites for hydroxylation is 1. The van der Waals surface area contributed by atoms with E-state index in [1.807, 2.05) is 25.1 Å². The second-order valence-corrected chi connectivity index (χ2v) is 10.4. The van der Waals surface area contributed by atoms with Crippen molar-refractivity contribution in [3.8, 4) is 5.75 Å². The Hall–Kier alpha value is -2.06. The van der Waals surface area contributed by atoms with Crippen molar-refractivity contribution < 1.29 is 17.9 Å². The van der Waals surface area contributed by atoms with Crippen LogP contribution < -0.4 is 9.46 Å². The van der Waals surface area contributed by atoms with Gasteiger partial charge in [-0.3, -0.25) is 4.79 Å². The predicted molar refractivity (Wildman–Crippen MR) is 121 cm³/mol. The van der Waals surface area contributed by atoms with E-state index in [2.05, 4.69) is 9.71 Å². The maximum absolute atomic E-state index is 12.3. The van der Waals surface area contributed by atoms with Gasteiger partial charge in [-0.1, -0.05) is 43.9 Å². The fourth-order valence-electron chi connectivity index (χ4n) is 3.68. The normalized spacial score (nSPS) is 14.7. The van der Waals surface area contributed by atoms with Crippen LogP contribution in [0.15, 0.2) is 24.4 Å². The van der Waals surface area contributed by atoms with E-state index in [0.717, 1.165) is 24.3 Å².